The van der Waals surface area contributed by atoms with Gasteiger partial charge in [0, 0.05) is 4.88 Å². The maximum Gasteiger partial charge on any atom is 0.291 e. The van der Waals surface area contributed by atoms with Crippen molar-refractivity contribution >= 4 is 33.1 Å². The summed E-state index contributed by atoms with van der Waals surface area (Å²) in [5.41, 5.74) is 2.01. The summed E-state index contributed by atoms with van der Waals surface area (Å²) in [6.07, 6.45) is 5.58. The molecule has 4 rings (SSSR count). The monoisotopic (exact) mass is 359 g/mol. The molecule has 0 aromatic carbocycles. The maximum absolute atomic E-state index is 12.4. The fraction of sp³-hybridized carbons (Fsp3) is 0.529. The number of hydrogen-bond acceptors (Lipinski definition) is 6. The average molecular weight is 359 g/mol. The van der Waals surface area contributed by atoms with Crippen LogP contribution in [0.15, 0.2) is 6.33 Å². The third-order valence-corrected chi connectivity index (χ3v) is 6.08. The molecule has 0 unspecified atom stereocenters. The lowest BCUT2D eigenvalue weighted by Gasteiger charge is -2.17. The van der Waals surface area contributed by atoms with E-state index < -0.39 is 0 Å². The molecule has 0 fully saturated rings. The molecule has 0 saturated carbocycles. The van der Waals surface area contributed by atoms with E-state index in [0.29, 0.717) is 18.0 Å². The van der Waals surface area contributed by atoms with Crippen LogP contribution in [-0.2, 0) is 12.8 Å². The van der Waals surface area contributed by atoms with Crippen molar-refractivity contribution in [2.75, 3.05) is 6.61 Å². The minimum atomic E-state index is -0.366. The van der Waals surface area contributed by atoms with E-state index in [1.54, 1.807) is 22.2 Å². The third kappa shape index (κ3) is 2.79. The molecular formula is C17H21N5O2S. The summed E-state index contributed by atoms with van der Waals surface area (Å²) in [5.74, 6) is 0.395. The van der Waals surface area contributed by atoms with Crippen molar-refractivity contribution in [2.45, 2.75) is 45.6 Å². The summed E-state index contributed by atoms with van der Waals surface area (Å²) < 4.78 is 1.59. The summed E-state index contributed by atoms with van der Waals surface area (Å²) in [4.78, 5) is 23.7. The Balaban J connectivity index is 1.79. The van der Waals surface area contributed by atoms with Gasteiger partial charge in [0.2, 0.25) is 5.82 Å². The van der Waals surface area contributed by atoms with Crippen molar-refractivity contribution in [1.29, 1.82) is 0 Å². The van der Waals surface area contributed by atoms with Crippen LogP contribution in [0.2, 0.25) is 0 Å². The Morgan fingerprint density at radius 2 is 2.40 bits per heavy atom. The molecule has 132 valence electrons. The van der Waals surface area contributed by atoms with Crippen molar-refractivity contribution in [1.82, 2.24) is 24.9 Å². The molecule has 2 N–H and O–H groups in total. The highest BCUT2D eigenvalue weighted by atomic mass is 32.1. The van der Waals surface area contributed by atoms with Gasteiger partial charge in [0.1, 0.15) is 11.2 Å². The lowest BCUT2D eigenvalue weighted by molar-refractivity contribution is 0.0904. The van der Waals surface area contributed by atoms with Gasteiger partial charge in [-0.15, -0.1) is 16.4 Å². The molecule has 0 radical (unpaired) electrons. The number of hydrogen-bond donors (Lipinski definition) is 2. The van der Waals surface area contributed by atoms with Crippen LogP contribution in [0.25, 0.3) is 15.9 Å². The van der Waals surface area contributed by atoms with E-state index in [4.69, 9.17) is 0 Å². The first-order valence-corrected chi connectivity index (χ1v) is 9.49. The van der Waals surface area contributed by atoms with Crippen molar-refractivity contribution in [3.8, 4) is 0 Å². The number of carbonyl (C=O) groups excluding carboxylic acids is 1. The topological polar surface area (TPSA) is 92.4 Å². The van der Waals surface area contributed by atoms with Crippen LogP contribution in [0.4, 0.5) is 0 Å². The SMILES string of the molecule is CC[C@@H](CO)NC(=O)c1nc2c3c4c(sc3ncn2n1)CC[C@@H](C)C4. The summed E-state index contributed by atoms with van der Waals surface area (Å²) in [6.45, 7) is 4.07. The van der Waals surface area contributed by atoms with Crippen LogP contribution in [0.5, 0.6) is 0 Å². The molecule has 3 aromatic heterocycles. The normalized spacial score (nSPS) is 18.4. The molecule has 0 spiro atoms. The van der Waals surface area contributed by atoms with E-state index in [9.17, 15) is 9.90 Å². The first-order chi connectivity index (χ1) is 12.1. The molecule has 0 bridgehead atoms. The van der Waals surface area contributed by atoms with E-state index >= 15 is 0 Å². The Morgan fingerprint density at radius 3 is 3.16 bits per heavy atom. The van der Waals surface area contributed by atoms with Crippen molar-refractivity contribution in [3.05, 3.63) is 22.6 Å². The summed E-state index contributed by atoms with van der Waals surface area (Å²) >= 11 is 1.73. The zero-order valence-corrected chi connectivity index (χ0v) is 15.1. The summed E-state index contributed by atoms with van der Waals surface area (Å²) in [7, 11) is 0. The quantitative estimate of drug-likeness (QED) is 0.743. The predicted molar refractivity (Wildman–Crippen MR) is 96.0 cm³/mol. The number of rotatable bonds is 4. The smallest absolute Gasteiger partial charge is 0.291 e. The number of aliphatic hydroxyl groups excluding tert-OH is 1. The van der Waals surface area contributed by atoms with Crippen molar-refractivity contribution in [2.24, 2.45) is 5.92 Å². The van der Waals surface area contributed by atoms with Gasteiger partial charge in [-0.1, -0.05) is 13.8 Å². The van der Waals surface area contributed by atoms with Gasteiger partial charge in [-0.3, -0.25) is 4.79 Å². The molecule has 1 amide bonds. The van der Waals surface area contributed by atoms with Crippen molar-refractivity contribution < 1.29 is 9.90 Å². The number of amides is 1. The van der Waals surface area contributed by atoms with E-state index in [-0.39, 0.29) is 24.4 Å². The van der Waals surface area contributed by atoms with Gasteiger partial charge >= 0.3 is 0 Å². The molecular weight excluding hydrogens is 338 g/mol. The molecule has 3 aromatic rings. The van der Waals surface area contributed by atoms with E-state index in [2.05, 4.69) is 27.3 Å². The molecule has 0 saturated heterocycles. The standard InChI is InChI=1S/C17H21N5O2S/c1-3-10(7-23)19-16(24)14-20-15-13-11-6-9(2)4-5-12(11)25-17(13)18-8-22(15)21-14/h8-10,23H,3-7H2,1-2H3,(H,19,24)/t9-,10+/m1/s1. The molecule has 1 aliphatic carbocycles. The van der Waals surface area contributed by atoms with Gasteiger partial charge in [-0.05, 0) is 37.2 Å². The number of aryl methyl sites for hydroxylation is 1. The van der Waals surface area contributed by atoms with E-state index in [1.807, 2.05) is 6.92 Å². The Labute approximate surface area is 149 Å². The number of aliphatic hydroxyl groups is 1. The molecule has 25 heavy (non-hydrogen) atoms. The number of thiophene rings is 1. The fourth-order valence-electron chi connectivity index (χ4n) is 3.37. The molecule has 2 atom stereocenters. The number of nitrogens with zero attached hydrogens (tertiary/aromatic N) is 4. The Bertz CT molecular complexity index is 943. The van der Waals surface area contributed by atoms with E-state index in [0.717, 1.165) is 23.1 Å². The average Bonchev–Trinajstić information content (AvgIpc) is 3.19. The lowest BCUT2D eigenvalue weighted by atomic mass is 9.89. The second-order valence-corrected chi connectivity index (χ2v) is 7.82. The Morgan fingerprint density at radius 1 is 1.56 bits per heavy atom. The largest absolute Gasteiger partial charge is 0.394 e. The first-order valence-electron chi connectivity index (χ1n) is 8.68. The molecule has 1 aliphatic rings. The summed E-state index contributed by atoms with van der Waals surface area (Å²) in [5, 5.41) is 17.3. The number of aromatic nitrogens is 4. The van der Waals surface area contributed by atoms with Crippen LogP contribution < -0.4 is 5.32 Å². The second-order valence-electron chi connectivity index (χ2n) is 6.74. The Kier molecular flexibility index (Phi) is 4.16. The van der Waals surface area contributed by atoms with Gasteiger partial charge in [0.15, 0.2) is 5.65 Å². The van der Waals surface area contributed by atoms with Crippen LogP contribution in [0, 0.1) is 5.92 Å². The van der Waals surface area contributed by atoms with Crippen LogP contribution in [0.3, 0.4) is 0 Å². The van der Waals surface area contributed by atoms with Crippen LogP contribution in [0.1, 0.15) is 47.7 Å². The highest BCUT2D eigenvalue weighted by Gasteiger charge is 2.25. The first kappa shape index (κ1) is 16.4. The maximum atomic E-state index is 12.4. The molecule has 0 aliphatic heterocycles. The zero-order chi connectivity index (χ0) is 17.6. The van der Waals surface area contributed by atoms with Crippen LogP contribution in [-0.4, -0.2) is 43.2 Å². The fourth-order valence-corrected chi connectivity index (χ4v) is 4.55. The lowest BCUT2D eigenvalue weighted by Crippen LogP contribution is -2.37. The van der Waals surface area contributed by atoms with Gasteiger partial charge in [-0.25, -0.2) is 14.5 Å². The third-order valence-electron chi connectivity index (χ3n) is 4.88. The summed E-state index contributed by atoms with van der Waals surface area (Å²) in [6, 6.07) is -0.285. The minimum Gasteiger partial charge on any atom is -0.394 e. The predicted octanol–water partition coefficient (Wildman–Crippen LogP) is 1.96. The van der Waals surface area contributed by atoms with Gasteiger partial charge < -0.3 is 10.4 Å². The molecule has 7 nitrogen and oxygen atoms in total. The number of fused-ring (bicyclic) bond motifs is 5. The van der Waals surface area contributed by atoms with Crippen molar-refractivity contribution in [3.63, 3.8) is 0 Å². The van der Waals surface area contributed by atoms with Gasteiger partial charge in [0.05, 0.1) is 18.0 Å². The number of carbonyl (C=O) groups is 1. The van der Waals surface area contributed by atoms with E-state index in [1.165, 1.54) is 16.9 Å². The molecule has 8 heteroatoms. The van der Waals surface area contributed by atoms with Crippen LogP contribution >= 0.6 is 11.3 Å². The second kappa shape index (κ2) is 6.34. The Hall–Kier alpha value is -2.06. The minimum absolute atomic E-state index is 0.0999. The molecule has 3 heterocycles. The highest BCUT2D eigenvalue weighted by molar-refractivity contribution is 7.19. The number of nitrogens with one attached hydrogen (secondary N) is 1. The van der Waals surface area contributed by atoms with Gasteiger partial charge in [-0.2, -0.15) is 0 Å². The van der Waals surface area contributed by atoms with Gasteiger partial charge in [0.25, 0.3) is 5.91 Å². The highest BCUT2D eigenvalue weighted by Crippen LogP contribution is 2.38. The zero-order valence-electron chi connectivity index (χ0n) is 14.3.